The molecule has 166 valence electrons. The fraction of sp³-hybridized carbons (Fsp3) is 0.0435. The van der Waals surface area contributed by atoms with Gasteiger partial charge in [-0.3, -0.25) is 4.79 Å². The number of carbonyl (C=O) groups is 2. The van der Waals surface area contributed by atoms with Gasteiger partial charge in [-0.15, -0.1) is 0 Å². The fourth-order valence-electron chi connectivity index (χ4n) is 3.36. The van der Waals surface area contributed by atoms with Crippen LogP contribution >= 0.6 is 0 Å². The third kappa shape index (κ3) is 4.59. The van der Waals surface area contributed by atoms with Gasteiger partial charge in [0, 0.05) is 17.8 Å². The van der Waals surface area contributed by atoms with Crippen LogP contribution in [0.4, 0.5) is 18.9 Å². The second-order valence-corrected chi connectivity index (χ2v) is 7.05. The molecule has 1 heterocycles. The average Bonchev–Trinajstić information content (AvgIpc) is 3.34. The third-order valence-corrected chi connectivity index (χ3v) is 5.00. The van der Waals surface area contributed by atoms with E-state index < -0.39 is 23.6 Å². The van der Waals surface area contributed by atoms with E-state index >= 15 is 0 Å². The highest BCUT2D eigenvalue weighted by molar-refractivity contribution is 5.96. The molecule has 7 nitrogen and oxygen atoms in total. The molecule has 10 heteroatoms. The van der Waals surface area contributed by atoms with Crippen LogP contribution < -0.4 is 5.32 Å². The van der Waals surface area contributed by atoms with Crippen LogP contribution in [0.5, 0.6) is 0 Å². The molecular weight excluding hydrogens is 437 g/mol. The van der Waals surface area contributed by atoms with E-state index in [2.05, 4.69) is 20.7 Å². The Morgan fingerprint density at radius 2 is 1.61 bits per heavy atom. The molecule has 3 N–H and O–H groups in total. The van der Waals surface area contributed by atoms with Crippen molar-refractivity contribution in [3.63, 3.8) is 0 Å². The lowest BCUT2D eigenvalue weighted by Gasteiger charge is -2.14. The zero-order valence-electron chi connectivity index (χ0n) is 16.8. The molecule has 4 rings (SSSR count). The molecule has 0 aliphatic rings. The van der Waals surface area contributed by atoms with Crippen LogP contribution in [0.1, 0.15) is 26.3 Å². The minimum Gasteiger partial charge on any atom is -0.478 e. The van der Waals surface area contributed by atoms with Crippen LogP contribution in [0.3, 0.4) is 0 Å². The number of halogens is 3. The zero-order valence-corrected chi connectivity index (χ0v) is 16.8. The Kier molecular flexibility index (Phi) is 5.90. The van der Waals surface area contributed by atoms with E-state index in [0.717, 1.165) is 12.1 Å². The Hall–Kier alpha value is -4.47. The molecule has 0 bridgehead atoms. The van der Waals surface area contributed by atoms with Crippen molar-refractivity contribution in [3.05, 3.63) is 89.1 Å². The van der Waals surface area contributed by atoms with Crippen LogP contribution in [-0.2, 0) is 6.54 Å². The third-order valence-electron chi connectivity index (χ3n) is 5.00. The van der Waals surface area contributed by atoms with Gasteiger partial charge in [-0.1, -0.05) is 18.2 Å². The fourth-order valence-corrected chi connectivity index (χ4v) is 3.36. The van der Waals surface area contributed by atoms with Crippen molar-refractivity contribution in [1.82, 2.24) is 15.4 Å². The zero-order chi connectivity index (χ0) is 23.5. The van der Waals surface area contributed by atoms with E-state index in [1.807, 2.05) is 0 Å². The molecule has 0 radical (unpaired) electrons. The number of carboxylic acids is 1. The molecule has 0 amide bonds. The summed E-state index contributed by atoms with van der Waals surface area (Å²) in [5, 5.41) is 22.6. The average molecular weight is 452 g/mol. The van der Waals surface area contributed by atoms with Gasteiger partial charge in [0.15, 0.2) is 11.6 Å². The summed E-state index contributed by atoms with van der Waals surface area (Å²) in [5.41, 5.74) is 1.93. The number of aromatic nitrogens is 3. The van der Waals surface area contributed by atoms with Crippen LogP contribution in [0.25, 0.3) is 22.4 Å². The maximum Gasteiger partial charge on any atom is 0.336 e. The number of rotatable bonds is 7. The lowest BCUT2D eigenvalue weighted by molar-refractivity contribution is 0.0695. The van der Waals surface area contributed by atoms with Crippen molar-refractivity contribution in [1.29, 1.82) is 0 Å². The number of aromatic carboxylic acids is 1. The van der Waals surface area contributed by atoms with Crippen molar-refractivity contribution < 1.29 is 27.9 Å². The largest absolute Gasteiger partial charge is 0.478 e. The first-order valence-corrected chi connectivity index (χ1v) is 9.59. The minimum atomic E-state index is -1.70. The first-order chi connectivity index (χ1) is 15.8. The summed E-state index contributed by atoms with van der Waals surface area (Å²) in [4.78, 5) is 23.1. The number of carbonyl (C=O) groups excluding carboxylic acids is 1. The van der Waals surface area contributed by atoms with E-state index in [1.54, 1.807) is 12.1 Å². The lowest BCUT2D eigenvalue weighted by atomic mass is 10.0. The minimum absolute atomic E-state index is 0.000342. The Morgan fingerprint density at radius 1 is 0.909 bits per heavy atom. The van der Waals surface area contributed by atoms with Gasteiger partial charge < -0.3 is 10.4 Å². The number of nitrogens with one attached hydrogen (secondary N) is 2. The first-order valence-electron chi connectivity index (χ1n) is 9.59. The van der Waals surface area contributed by atoms with E-state index in [0.29, 0.717) is 27.9 Å². The number of anilines is 1. The molecule has 0 saturated carbocycles. The Balaban J connectivity index is 1.70. The Bertz CT molecular complexity index is 1360. The summed E-state index contributed by atoms with van der Waals surface area (Å²) >= 11 is 0. The van der Waals surface area contributed by atoms with Crippen LogP contribution in [0.2, 0.25) is 0 Å². The molecule has 0 unspecified atom stereocenters. The molecular formula is C23H15F3N4O3. The summed E-state index contributed by atoms with van der Waals surface area (Å²) in [5.74, 6) is -3.24. The smallest absolute Gasteiger partial charge is 0.336 e. The van der Waals surface area contributed by atoms with Gasteiger partial charge in [0.05, 0.1) is 17.3 Å². The van der Waals surface area contributed by atoms with Crippen molar-refractivity contribution in [3.8, 4) is 22.4 Å². The van der Waals surface area contributed by atoms with Crippen molar-refractivity contribution in [2.45, 2.75) is 6.54 Å². The predicted octanol–water partition coefficient (Wildman–Crippen LogP) is 4.84. The highest BCUT2D eigenvalue weighted by Crippen LogP contribution is 2.29. The summed E-state index contributed by atoms with van der Waals surface area (Å²) < 4.78 is 40.5. The summed E-state index contributed by atoms with van der Waals surface area (Å²) in [6.45, 7) is -0.0746. The van der Waals surface area contributed by atoms with Gasteiger partial charge in [0.2, 0.25) is 0 Å². The van der Waals surface area contributed by atoms with E-state index in [4.69, 9.17) is 0 Å². The molecule has 0 aliphatic carbocycles. The number of carboxylic acid groups (broad SMARTS) is 1. The molecule has 0 atom stereocenters. The van der Waals surface area contributed by atoms with Crippen molar-refractivity contribution in [2.75, 3.05) is 5.32 Å². The molecule has 1 aromatic heterocycles. The van der Waals surface area contributed by atoms with Gasteiger partial charge in [-0.2, -0.15) is 19.8 Å². The number of benzene rings is 3. The van der Waals surface area contributed by atoms with Crippen LogP contribution in [0.15, 0.2) is 60.8 Å². The summed E-state index contributed by atoms with van der Waals surface area (Å²) in [6, 6.07) is 10.2. The van der Waals surface area contributed by atoms with Gasteiger partial charge in [0.25, 0.3) is 0 Å². The monoisotopic (exact) mass is 452 g/mol. The summed E-state index contributed by atoms with van der Waals surface area (Å²) in [6.07, 6.45) is 1.47. The van der Waals surface area contributed by atoms with Gasteiger partial charge in [-0.25, -0.2) is 13.6 Å². The Labute approximate surface area is 184 Å². The molecule has 0 fully saturated rings. The molecule has 0 aliphatic heterocycles. The van der Waals surface area contributed by atoms with Crippen LogP contribution in [0, 0.1) is 11.6 Å². The predicted molar refractivity (Wildman–Crippen MR) is 113 cm³/mol. The van der Waals surface area contributed by atoms with Gasteiger partial charge in [-0.05, 0) is 53.1 Å². The first kappa shape index (κ1) is 21.8. The topological polar surface area (TPSA) is 108 Å². The summed E-state index contributed by atoms with van der Waals surface area (Å²) in [7, 11) is 0. The normalized spacial score (nSPS) is 10.8. The number of nitrogens with zero attached hydrogens (tertiary/aromatic N) is 2. The van der Waals surface area contributed by atoms with Gasteiger partial charge in [0.1, 0.15) is 5.69 Å². The second-order valence-electron chi connectivity index (χ2n) is 7.05. The molecule has 4 aromatic rings. The number of hydrogen-bond donors (Lipinski definition) is 3. The molecule has 0 spiro atoms. The number of H-pyrrole nitrogens is 1. The highest BCUT2D eigenvalue weighted by atomic mass is 19.2. The molecule has 0 saturated heterocycles. The maximum absolute atomic E-state index is 13.6. The van der Waals surface area contributed by atoms with E-state index in [-0.39, 0.29) is 23.4 Å². The quantitative estimate of drug-likeness (QED) is 0.347. The van der Waals surface area contributed by atoms with E-state index in [9.17, 15) is 27.9 Å². The molecule has 33 heavy (non-hydrogen) atoms. The number of hydrogen-bond acceptors (Lipinski definition) is 5. The van der Waals surface area contributed by atoms with Crippen molar-refractivity contribution >= 4 is 17.7 Å². The molecule has 3 aromatic carbocycles. The van der Waals surface area contributed by atoms with Gasteiger partial charge >= 0.3 is 12.0 Å². The van der Waals surface area contributed by atoms with Crippen molar-refractivity contribution in [2.24, 2.45) is 0 Å². The van der Waals surface area contributed by atoms with E-state index in [1.165, 1.54) is 36.5 Å². The Morgan fingerprint density at radius 3 is 2.27 bits per heavy atom. The second kappa shape index (κ2) is 8.95. The van der Waals surface area contributed by atoms with Crippen LogP contribution in [-0.4, -0.2) is 32.5 Å². The number of aromatic amines is 1. The maximum atomic E-state index is 13.6. The SMILES string of the molecule is O=C(O)c1ccc(-c2cn[nH]n2)cc1CNc1cc(-c2ccc(F)c(F)c2)ccc1C(=O)F. The highest BCUT2D eigenvalue weighted by Gasteiger charge is 2.16. The standard InChI is InChI=1S/C23H15F3N4O3/c24-18-6-3-12(8-19(18)25)13-1-5-17(22(26)31)20(9-13)27-10-15-7-14(21-11-28-30-29-21)2-4-16(15)23(32)33/h1-9,11,27H,10H2,(H,32,33)(H,28,29,30). The lowest BCUT2D eigenvalue weighted by Crippen LogP contribution is -2.09.